The van der Waals surface area contributed by atoms with Crippen LogP contribution in [0.3, 0.4) is 0 Å². The van der Waals surface area contributed by atoms with Gasteiger partial charge in [-0.05, 0) is 41.0 Å². The fraction of sp³-hybridized carbons (Fsp3) is 0.100. The quantitative estimate of drug-likeness (QED) is 0.305. The van der Waals surface area contributed by atoms with Crippen molar-refractivity contribution in [3.05, 3.63) is 131 Å². The number of hydrogen-bond donors (Lipinski definition) is 2. The van der Waals surface area contributed by atoms with Gasteiger partial charge in [-0.2, -0.15) is 0 Å². The lowest BCUT2D eigenvalue weighted by Gasteiger charge is -2.18. The Bertz CT molecular complexity index is 1390. The first-order chi connectivity index (χ1) is 17.1. The highest BCUT2D eigenvalue weighted by Crippen LogP contribution is 2.43. The van der Waals surface area contributed by atoms with E-state index in [2.05, 4.69) is 0 Å². The second-order valence-corrected chi connectivity index (χ2v) is 8.37. The molecule has 4 aromatic carbocycles. The largest absolute Gasteiger partial charge is 0.497 e. The Labute approximate surface area is 204 Å². The fourth-order valence-corrected chi connectivity index (χ4v) is 4.53. The van der Waals surface area contributed by atoms with E-state index in [9.17, 15) is 15.0 Å². The highest BCUT2D eigenvalue weighted by molar-refractivity contribution is 6.38. The standard InChI is InChI=1S/C30H25NO4/c1-35-24-16-14-22(15-17-24)27(21-9-3-2-4-10-21)28-25-12-5-6-13-26(25)31(29(28)32)19-20-8-7-11-23(18-20)30(33)34/h2-18,30,33-34H,19H2,1H3. The van der Waals surface area contributed by atoms with Crippen LogP contribution in [0, 0.1) is 0 Å². The molecule has 0 bridgehead atoms. The number of fused-ring (bicyclic) bond motifs is 1. The molecule has 0 fully saturated rings. The molecule has 0 radical (unpaired) electrons. The summed E-state index contributed by atoms with van der Waals surface area (Å²) in [6, 6.07) is 32.4. The summed E-state index contributed by atoms with van der Waals surface area (Å²) >= 11 is 0. The minimum absolute atomic E-state index is 0.101. The molecule has 0 saturated carbocycles. The monoisotopic (exact) mass is 463 g/mol. The van der Waals surface area contributed by atoms with Crippen LogP contribution in [0.5, 0.6) is 5.75 Å². The number of para-hydroxylation sites is 1. The Morgan fingerprint density at radius 3 is 2.23 bits per heavy atom. The molecule has 35 heavy (non-hydrogen) atoms. The molecule has 174 valence electrons. The Balaban J connectivity index is 1.67. The van der Waals surface area contributed by atoms with Crippen LogP contribution < -0.4 is 9.64 Å². The van der Waals surface area contributed by atoms with Gasteiger partial charge in [-0.25, -0.2) is 0 Å². The summed E-state index contributed by atoms with van der Waals surface area (Å²) in [4.78, 5) is 15.8. The van der Waals surface area contributed by atoms with E-state index in [4.69, 9.17) is 4.74 Å². The SMILES string of the molecule is COc1ccc(C(=C2C(=O)N(Cc3cccc(C(O)O)c3)c3ccccc32)c2ccccc2)cc1. The topological polar surface area (TPSA) is 70.0 Å². The van der Waals surface area contributed by atoms with Crippen LogP contribution in [0.15, 0.2) is 103 Å². The molecule has 0 spiro atoms. The van der Waals surface area contributed by atoms with Crippen molar-refractivity contribution in [2.75, 3.05) is 12.0 Å². The number of amides is 1. The first-order valence-electron chi connectivity index (χ1n) is 11.4. The molecule has 4 aromatic rings. The number of hydrogen-bond acceptors (Lipinski definition) is 4. The average molecular weight is 464 g/mol. The summed E-state index contributed by atoms with van der Waals surface area (Å²) in [6.45, 7) is 0.310. The smallest absolute Gasteiger partial charge is 0.259 e. The van der Waals surface area contributed by atoms with E-state index >= 15 is 0 Å². The predicted molar refractivity (Wildman–Crippen MR) is 137 cm³/mol. The van der Waals surface area contributed by atoms with Gasteiger partial charge in [0.2, 0.25) is 0 Å². The van der Waals surface area contributed by atoms with Crippen LogP contribution in [-0.4, -0.2) is 23.2 Å². The van der Waals surface area contributed by atoms with Gasteiger partial charge in [0.15, 0.2) is 6.29 Å². The van der Waals surface area contributed by atoms with Gasteiger partial charge in [-0.1, -0.05) is 78.9 Å². The van der Waals surface area contributed by atoms with Gasteiger partial charge in [-0.15, -0.1) is 0 Å². The van der Waals surface area contributed by atoms with Crippen LogP contribution in [0.2, 0.25) is 0 Å². The maximum atomic E-state index is 14.0. The van der Waals surface area contributed by atoms with E-state index < -0.39 is 6.29 Å². The molecule has 1 heterocycles. The molecule has 1 aliphatic heterocycles. The van der Waals surface area contributed by atoms with Crippen molar-refractivity contribution in [1.29, 1.82) is 0 Å². The molecule has 2 N–H and O–H groups in total. The normalized spacial score (nSPS) is 14.3. The number of ether oxygens (including phenoxy) is 1. The Morgan fingerprint density at radius 2 is 1.51 bits per heavy atom. The second kappa shape index (κ2) is 9.58. The lowest BCUT2D eigenvalue weighted by molar-refractivity contribution is -0.113. The first-order valence-corrected chi connectivity index (χ1v) is 11.4. The third-order valence-corrected chi connectivity index (χ3v) is 6.20. The zero-order chi connectivity index (χ0) is 24.4. The Morgan fingerprint density at radius 1 is 0.829 bits per heavy atom. The first kappa shape index (κ1) is 22.6. The molecule has 0 aromatic heterocycles. The fourth-order valence-electron chi connectivity index (χ4n) is 4.53. The lowest BCUT2D eigenvalue weighted by Crippen LogP contribution is -2.26. The minimum atomic E-state index is -1.56. The summed E-state index contributed by atoms with van der Waals surface area (Å²) in [5, 5.41) is 19.2. The molecular weight excluding hydrogens is 438 g/mol. The van der Waals surface area contributed by atoms with Crippen LogP contribution in [0.1, 0.15) is 34.1 Å². The molecule has 5 nitrogen and oxygen atoms in total. The number of aliphatic hydroxyl groups is 2. The van der Waals surface area contributed by atoms with Crippen molar-refractivity contribution in [2.24, 2.45) is 0 Å². The lowest BCUT2D eigenvalue weighted by atomic mass is 9.90. The Kier molecular flexibility index (Phi) is 6.19. The third kappa shape index (κ3) is 4.35. The van der Waals surface area contributed by atoms with Crippen molar-refractivity contribution < 1.29 is 19.7 Å². The third-order valence-electron chi connectivity index (χ3n) is 6.20. The van der Waals surface area contributed by atoms with Crippen molar-refractivity contribution in [1.82, 2.24) is 0 Å². The van der Waals surface area contributed by atoms with Crippen LogP contribution >= 0.6 is 0 Å². The highest BCUT2D eigenvalue weighted by atomic mass is 16.5. The number of nitrogens with zero attached hydrogens (tertiary/aromatic N) is 1. The summed E-state index contributed by atoms with van der Waals surface area (Å²) in [5.74, 6) is 0.646. The van der Waals surface area contributed by atoms with Gasteiger partial charge in [0.05, 0.1) is 24.9 Å². The number of benzene rings is 4. The van der Waals surface area contributed by atoms with Crippen LogP contribution in [0.25, 0.3) is 11.1 Å². The maximum absolute atomic E-state index is 14.0. The number of rotatable bonds is 6. The number of carbonyl (C=O) groups excluding carboxylic acids is 1. The molecule has 0 aliphatic carbocycles. The molecule has 0 saturated heterocycles. The van der Waals surface area contributed by atoms with Crippen molar-refractivity contribution >= 4 is 22.7 Å². The number of aliphatic hydroxyl groups excluding tert-OH is 1. The van der Waals surface area contributed by atoms with Crippen LogP contribution in [-0.2, 0) is 11.3 Å². The van der Waals surface area contributed by atoms with Gasteiger partial charge in [-0.3, -0.25) is 4.79 Å². The zero-order valence-corrected chi connectivity index (χ0v) is 19.3. The summed E-state index contributed by atoms with van der Waals surface area (Å²) in [7, 11) is 1.63. The van der Waals surface area contributed by atoms with E-state index in [-0.39, 0.29) is 5.91 Å². The van der Waals surface area contributed by atoms with Crippen molar-refractivity contribution in [3.8, 4) is 5.75 Å². The number of carbonyl (C=O) groups is 1. The second-order valence-electron chi connectivity index (χ2n) is 8.37. The number of methoxy groups -OCH3 is 1. The van der Waals surface area contributed by atoms with Gasteiger partial charge >= 0.3 is 0 Å². The van der Waals surface area contributed by atoms with Crippen molar-refractivity contribution in [3.63, 3.8) is 0 Å². The molecule has 5 rings (SSSR count). The van der Waals surface area contributed by atoms with Gasteiger partial charge in [0, 0.05) is 16.7 Å². The minimum Gasteiger partial charge on any atom is -0.497 e. The molecule has 5 heteroatoms. The van der Waals surface area contributed by atoms with E-state index in [1.54, 1.807) is 30.2 Å². The molecule has 1 amide bonds. The summed E-state index contributed by atoms with van der Waals surface area (Å²) in [5.41, 5.74) is 6.25. The highest BCUT2D eigenvalue weighted by Gasteiger charge is 2.35. The molecule has 0 unspecified atom stereocenters. The average Bonchev–Trinajstić information content (AvgIpc) is 3.16. The zero-order valence-electron chi connectivity index (χ0n) is 19.3. The number of anilines is 1. The molecular formula is C30H25NO4. The van der Waals surface area contributed by atoms with E-state index in [1.807, 2.05) is 84.9 Å². The predicted octanol–water partition coefficient (Wildman–Crippen LogP) is 5.18. The van der Waals surface area contributed by atoms with E-state index in [0.717, 1.165) is 39.3 Å². The van der Waals surface area contributed by atoms with Crippen molar-refractivity contribution in [2.45, 2.75) is 12.8 Å². The Hall–Kier alpha value is -4.19. The van der Waals surface area contributed by atoms with Gasteiger partial charge in [0.25, 0.3) is 5.91 Å². The molecule has 0 atom stereocenters. The summed E-state index contributed by atoms with van der Waals surface area (Å²) in [6.07, 6.45) is -1.56. The van der Waals surface area contributed by atoms with E-state index in [0.29, 0.717) is 17.7 Å². The summed E-state index contributed by atoms with van der Waals surface area (Å²) < 4.78 is 5.34. The molecule has 1 aliphatic rings. The van der Waals surface area contributed by atoms with E-state index in [1.165, 1.54) is 0 Å². The van der Waals surface area contributed by atoms with Gasteiger partial charge in [0.1, 0.15) is 5.75 Å². The maximum Gasteiger partial charge on any atom is 0.259 e. The van der Waals surface area contributed by atoms with Gasteiger partial charge < -0.3 is 19.8 Å². The van der Waals surface area contributed by atoms with Crippen LogP contribution in [0.4, 0.5) is 5.69 Å².